The largest absolute Gasteiger partial charge is 0.198 e. The molecule has 0 spiro atoms. The van der Waals surface area contributed by atoms with E-state index in [2.05, 4.69) is 26.5 Å². The number of nitrogens with zero attached hydrogens (tertiary/aromatic N) is 8. The Labute approximate surface area is 143 Å². The lowest BCUT2D eigenvalue weighted by molar-refractivity contribution is 0.327. The highest BCUT2D eigenvalue weighted by molar-refractivity contribution is 5.12. The molecule has 0 bridgehead atoms. The number of nitriles is 4. The van der Waals surface area contributed by atoms with Gasteiger partial charge in [0.25, 0.3) is 0 Å². The zero-order valence-electron chi connectivity index (χ0n) is 14.8. The molecule has 0 N–H and O–H groups in total. The Balaban J connectivity index is 5.12. The van der Waals surface area contributed by atoms with Crippen molar-refractivity contribution >= 4 is 0 Å². The molecule has 0 fully saturated rings. The average Bonchev–Trinajstić information content (AvgIpc) is 2.57. The van der Waals surface area contributed by atoms with Crippen molar-refractivity contribution in [2.45, 2.75) is 52.1 Å². The smallest absolute Gasteiger partial charge is 0.166 e. The van der Waals surface area contributed by atoms with Crippen molar-refractivity contribution in [2.75, 3.05) is 13.1 Å². The lowest BCUT2D eigenvalue weighted by atomic mass is 9.80. The zero-order valence-corrected chi connectivity index (χ0v) is 14.8. The summed E-state index contributed by atoms with van der Waals surface area (Å²) >= 11 is 0. The highest BCUT2D eigenvalue weighted by Crippen LogP contribution is 2.31. The van der Waals surface area contributed by atoms with Crippen LogP contribution in [0.3, 0.4) is 0 Å². The van der Waals surface area contributed by atoms with Gasteiger partial charge in [-0.2, -0.15) is 41.5 Å². The molecule has 0 saturated carbocycles. The molecule has 0 aromatic carbocycles. The van der Waals surface area contributed by atoms with Crippen LogP contribution in [0.25, 0.3) is 0 Å². The second kappa shape index (κ2) is 8.70. The molecule has 24 heavy (non-hydrogen) atoms. The van der Waals surface area contributed by atoms with Crippen LogP contribution in [0.15, 0.2) is 20.5 Å². The summed E-state index contributed by atoms with van der Waals surface area (Å²) in [5.74, 6) is -0.242. The molecule has 8 heteroatoms. The van der Waals surface area contributed by atoms with Crippen LogP contribution in [-0.2, 0) is 0 Å². The van der Waals surface area contributed by atoms with E-state index < -0.39 is 16.5 Å². The topological polar surface area (TPSA) is 145 Å². The number of hydrogen-bond acceptors (Lipinski definition) is 8. The molecule has 0 rings (SSSR count). The predicted octanol–water partition coefficient (Wildman–Crippen LogP) is 3.55. The molecular formula is C16H22N8. The van der Waals surface area contributed by atoms with Crippen LogP contribution < -0.4 is 0 Å². The fourth-order valence-corrected chi connectivity index (χ4v) is 1.67. The van der Waals surface area contributed by atoms with Gasteiger partial charge in [-0.25, -0.2) is 0 Å². The standard InChI is InChI=1S/C16H22N8/c1-13(6-17)7-21-22-12-15(4,10-19)8-16(5,11-20)24-23-14(2,3)9-18/h13H,7-8,12H2,1-5H3. The van der Waals surface area contributed by atoms with Gasteiger partial charge in [0.2, 0.25) is 0 Å². The van der Waals surface area contributed by atoms with Gasteiger partial charge in [0.15, 0.2) is 11.1 Å². The monoisotopic (exact) mass is 326 g/mol. The SMILES string of the molecule is CC(C#N)CN=NCC(C)(C#N)CC(C)(C#N)N=NC(C)(C)C#N. The van der Waals surface area contributed by atoms with E-state index in [0.29, 0.717) is 0 Å². The first-order chi connectivity index (χ1) is 11.1. The first-order valence-electron chi connectivity index (χ1n) is 7.46. The Bertz CT molecular complexity index is 652. The van der Waals surface area contributed by atoms with Gasteiger partial charge in [-0.3, -0.25) is 0 Å². The van der Waals surface area contributed by atoms with Crippen LogP contribution in [0.4, 0.5) is 0 Å². The Hall–Kier alpha value is -2.84. The van der Waals surface area contributed by atoms with Crippen molar-refractivity contribution in [3.63, 3.8) is 0 Å². The quantitative estimate of drug-likeness (QED) is 0.627. The maximum atomic E-state index is 9.44. The van der Waals surface area contributed by atoms with Gasteiger partial charge in [0.1, 0.15) is 0 Å². The summed E-state index contributed by atoms with van der Waals surface area (Å²) in [4.78, 5) is 0. The third-order valence-corrected chi connectivity index (χ3v) is 3.14. The summed E-state index contributed by atoms with van der Waals surface area (Å²) in [5.41, 5.74) is -3.23. The van der Waals surface area contributed by atoms with Crippen molar-refractivity contribution in [2.24, 2.45) is 31.8 Å². The Morgan fingerprint density at radius 3 is 1.96 bits per heavy atom. The Morgan fingerprint density at radius 2 is 1.50 bits per heavy atom. The normalized spacial score (nSPS) is 17.9. The first-order valence-corrected chi connectivity index (χ1v) is 7.46. The molecule has 3 unspecified atom stereocenters. The van der Waals surface area contributed by atoms with Crippen LogP contribution in [0.5, 0.6) is 0 Å². The maximum Gasteiger partial charge on any atom is 0.166 e. The van der Waals surface area contributed by atoms with E-state index in [9.17, 15) is 10.5 Å². The molecule has 8 nitrogen and oxygen atoms in total. The summed E-state index contributed by atoms with van der Waals surface area (Å²) in [6, 6.07) is 8.21. The lowest BCUT2D eigenvalue weighted by Gasteiger charge is -2.26. The summed E-state index contributed by atoms with van der Waals surface area (Å²) in [5, 5.41) is 52.3. The van der Waals surface area contributed by atoms with Gasteiger partial charge in [0.05, 0.1) is 48.7 Å². The van der Waals surface area contributed by atoms with Crippen molar-refractivity contribution < 1.29 is 0 Å². The van der Waals surface area contributed by atoms with Gasteiger partial charge < -0.3 is 0 Å². The van der Waals surface area contributed by atoms with E-state index in [0.717, 1.165) is 0 Å². The first kappa shape index (κ1) is 21.2. The van der Waals surface area contributed by atoms with Crippen LogP contribution in [0.2, 0.25) is 0 Å². The maximum absolute atomic E-state index is 9.44. The highest BCUT2D eigenvalue weighted by Gasteiger charge is 2.37. The van der Waals surface area contributed by atoms with Gasteiger partial charge >= 0.3 is 0 Å². The number of rotatable bonds is 8. The average molecular weight is 326 g/mol. The fraction of sp³-hybridized carbons (Fsp3) is 0.750. The van der Waals surface area contributed by atoms with E-state index >= 15 is 0 Å². The second-order valence-electron chi connectivity index (χ2n) is 6.76. The van der Waals surface area contributed by atoms with Crippen molar-refractivity contribution in [3.05, 3.63) is 0 Å². The molecule has 0 aliphatic heterocycles. The van der Waals surface area contributed by atoms with E-state index in [1.165, 1.54) is 0 Å². The van der Waals surface area contributed by atoms with Gasteiger partial charge in [-0.05, 0) is 34.6 Å². The molecule has 3 atom stereocenters. The highest BCUT2D eigenvalue weighted by atomic mass is 15.2. The molecular weight excluding hydrogens is 304 g/mol. The molecule has 0 aromatic heterocycles. The number of azo groups is 2. The molecule has 0 saturated heterocycles. The fourth-order valence-electron chi connectivity index (χ4n) is 1.67. The molecule has 126 valence electrons. The third-order valence-electron chi connectivity index (χ3n) is 3.14. The Kier molecular flexibility index (Phi) is 7.67. The van der Waals surface area contributed by atoms with Gasteiger partial charge in [-0.1, -0.05) is 0 Å². The molecule has 0 aliphatic carbocycles. The summed E-state index contributed by atoms with van der Waals surface area (Å²) in [6.45, 7) is 8.49. The summed E-state index contributed by atoms with van der Waals surface area (Å²) in [6.07, 6.45) is 0.102. The van der Waals surface area contributed by atoms with Gasteiger partial charge in [0, 0.05) is 6.42 Å². The predicted molar refractivity (Wildman–Crippen MR) is 86.3 cm³/mol. The molecule has 0 aliphatic rings. The summed E-state index contributed by atoms with van der Waals surface area (Å²) in [7, 11) is 0. The van der Waals surface area contributed by atoms with Crippen molar-refractivity contribution in [3.8, 4) is 24.3 Å². The van der Waals surface area contributed by atoms with E-state index in [1.807, 2.05) is 18.2 Å². The van der Waals surface area contributed by atoms with Crippen molar-refractivity contribution in [1.29, 1.82) is 21.0 Å². The van der Waals surface area contributed by atoms with Crippen LogP contribution in [-0.4, -0.2) is 24.2 Å². The van der Waals surface area contributed by atoms with E-state index in [4.69, 9.17) is 10.5 Å². The number of hydrogen-bond donors (Lipinski definition) is 0. The third kappa shape index (κ3) is 7.43. The minimum Gasteiger partial charge on any atom is -0.198 e. The molecule has 0 radical (unpaired) electrons. The molecule has 0 amide bonds. The van der Waals surface area contributed by atoms with Crippen LogP contribution >= 0.6 is 0 Å². The second-order valence-corrected chi connectivity index (χ2v) is 6.76. The van der Waals surface area contributed by atoms with Crippen molar-refractivity contribution in [1.82, 2.24) is 0 Å². The molecule has 0 aromatic rings. The van der Waals surface area contributed by atoms with E-state index in [-0.39, 0.29) is 25.4 Å². The lowest BCUT2D eigenvalue weighted by Crippen LogP contribution is -2.32. The zero-order chi connectivity index (χ0) is 18.9. The molecule has 0 heterocycles. The van der Waals surface area contributed by atoms with Gasteiger partial charge in [-0.15, -0.1) is 0 Å². The minimum atomic E-state index is -1.24. The van der Waals surface area contributed by atoms with E-state index in [1.54, 1.807) is 34.6 Å². The van der Waals surface area contributed by atoms with Crippen LogP contribution in [0.1, 0.15) is 41.0 Å². The summed E-state index contributed by atoms with van der Waals surface area (Å²) < 4.78 is 0. The minimum absolute atomic E-state index is 0.0933. The van der Waals surface area contributed by atoms with Crippen LogP contribution in [0, 0.1) is 56.7 Å². The Morgan fingerprint density at radius 1 is 0.875 bits per heavy atom.